The summed E-state index contributed by atoms with van der Waals surface area (Å²) in [5, 5.41) is 0.353. The first kappa shape index (κ1) is 16.6. The number of carbonyl (C=O) groups excluding carboxylic acids is 1. The number of benzene rings is 1. The first-order valence-electron chi connectivity index (χ1n) is 7.22. The Morgan fingerprint density at radius 2 is 1.83 bits per heavy atom. The van der Waals surface area contributed by atoms with Gasteiger partial charge in [-0.1, -0.05) is 33.6 Å². The lowest BCUT2D eigenvalue weighted by atomic mass is 10.2. The summed E-state index contributed by atoms with van der Waals surface area (Å²) in [5.74, 6) is -0.160. The Bertz CT molecular complexity index is 823. The quantitative estimate of drug-likeness (QED) is 0.592. The van der Waals surface area contributed by atoms with Crippen LogP contribution in [0.4, 0.5) is 5.69 Å². The maximum absolute atomic E-state index is 12.9. The van der Waals surface area contributed by atoms with Gasteiger partial charge in [-0.25, -0.2) is 4.98 Å². The van der Waals surface area contributed by atoms with Gasteiger partial charge in [0.1, 0.15) is 5.15 Å². The summed E-state index contributed by atoms with van der Waals surface area (Å²) in [4.78, 5) is 22.9. The van der Waals surface area contributed by atoms with E-state index in [0.717, 1.165) is 15.9 Å². The van der Waals surface area contributed by atoms with Crippen molar-refractivity contribution in [1.82, 2.24) is 9.97 Å². The Morgan fingerprint density at radius 1 is 1.04 bits per heavy atom. The topological polar surface area (TPSA) is 46.1 Å². The summed E-state index contributed by atoms with van der Waals surface area (Å²) in [6, 6.07) is 16.5. The molecule has 2 heterocycles. The van der Waals surface area contributed by atoms with Crippen LogP contribution >= 0.6 is 27.5 Å². The minimum Gasteiger partial charge on any atom is -0.302 e. The second-order valence-electron chi connectivity index (χ2n) is 5.06. The molecule has 0 radical (unpaired) electrons. The van der Waals surface area contributed by atoms with Crippen LogP contribution in [0.15, 0.2) is 71.5 Å². The zero-order valence-corrected chi connectivity index (χ0v) is 14.9. The molecule has 0 aliphatic rings. The van der Waals surface area contributed by atoms with Gasteiger partial charge in [0.2, 0.25) is 0 Å². The molecule has 0 unspecified atom stereocenters. The lowest BCUT2D eigenvalue weighted by molar-refractivity contribution is 0.0984. The highest BCUT2D eigenvalue weighted by molar-refractivity contribution is 9.10. The second-order valence-corrected chi connectivity index (χ2v) is 6.36. The Kier molecular flexibility index (Phi) is 5.23. The van der Waals surface area contributed by atoms with E-state index >= 15 is 0 Å². The summed E-state index contributed by atoms with van der Waals surface area (Å²) in [6.07, 6.45) is 3.19. The van der Waals surface area contributed by atoms with Crippen LogP contribution < -0.4 is 4.90 Å². The number of hydrogen-bond donors (Lipinski definition) is 0. The van der Waals surface area contributed by atoms with E-state index < -0.39 is 0 Å². The predicted molar refractivity (Wildman–Crippen MR) is 98.1 cm³/mol. The molecule has 3 aromatic rings. The van der Waals surface area contributed by atoms with Crippen molar-refractivity contribution in [3.05, 3.63) is 87.9 Å². The molecular formula is C18H13BrClN3O. The van der Waals surface area contributed by atoms with Crippen molar-refractivity contribution < 1.29 is 4.79 Å². The van der Waals surface area contributed by atoms with Crippen molar-refractivity contribution in [3.63, 3.8) is 0 Å². The monoisotopic (exact) mass is 401 g/mol. The molecule has 0 aliphatic heterocycles. The van der Waals surface area contributed by atoms with Gasteiger partial charge in [0.25, 0.3) is 5.91 Å². The van der Waals surface area contributed by atoms with Gasteiger partial charge < -0.3 is 4.90 Å². The van der Waals surface area contributed by atoms with Gasteiger partial charge >= 0.3 is 0 Å². The molecule has 0 atom stereocenters. The molecule has 6 heteroatoms. The second kappa shape index (κ2) is 7.55. The maximum atomic E-state index is 12.9. The van der Waals surface area contributed by atoms with E-state index in [1.54, 1.807) is 23.2 Å². The highest BCUT2D eigenvalue weighted by Gasteiger charge is 2.19. The van der Waals surface area contributed by atoms with Gasteiger partial charge in [-0.15, -0.1) is 0 Å². The summed E-state index contributed by atoms with van der Waals surface area (Å²) in [6.45, 7) is 0.365. The van der Waals surface area contributed by atoms with Crippen molar-refractivity contribution in [2.75, 3.05) is 4.90 Å². The molecular weight excluding hydrogens is 390 g/mol. The molecule has 1 amide bonds. The number of aromatic nitrogens is 2. The molecule has 0 saturated heterocycles. The molecule has 0 fully saturated rings. The molecule has 24 heavy (non-hydrogen) atoms. The zero-order chi connectivity index (χ0) is 16.9. The van der Waals surface area contributed by atoms with Crippen LogP contribution in [0.3, 0.4) is 0 Å². The predicted octanol–water partition coefficient (Wildman–Crippen LogP) is 4.74. The molecule has 0 N–H and O–H groups in total. The Morgan fingerprint density at radius 3 is 2.46 bits per heavy atom. The molecule has 1 aromatic carbocycles. The first-order valence-corrected chi connectivity index (χ1v) is 8.39. The number of carbonyl (C=O) groups is 1. The number of anilines is 1. The van der Waals surface area contributed by atoms with E-state index in [1.807, 2.05) is 42.5 Å². The summed E-state index contributed by atoms with van der Waals surface area (Å²) in [7, 11) is 0. The molecule has 4 nitrogen and oxygen atoms in total. The van der Waals surface area contributed by atoms with Crippen molar-refractivity contribution in [1.29, 1.82) is 0 Å². The average Bonchev–Trinajstić information content (AvgIpc) is 2.62. The van der Waals surface area contributed by atoms with Crippen molar-refractivity contribution in [2.24, 2.45) is 0 Å². The number of pyridine rings is 2. The minimum absolute atomic E-state index is 0.160. The SMILES string of the molecule is O=C(c1ccc(Cl)nc1)N(Cc1ccccn1)c1ccc(Br)cc1. The third kappa shape index (κ3) is 3.99. The van der Waals surface area contributed by atoms with E-state index in [-0.39, 0.29) is 5.91 Å². The van der Waals surface area contributed by atoms with Crippen molar-refractivity contribution in [3.8, 4) is 0 Å². The Labute approximate surface area is 153 Å². The van der Waals surface area contributed by atoms with E-state index in [2.05, 4.69) is 25.9 Å². The van der Waals surface area contributed by atoms with Crippen LogP contribution in [0.2, 0.25) is 5.15 Å². The summed E-state index contributed by atoms with van der Waals surface area (Å²) in [5.41, 5.74) is 2.05. The molecule has 0 aliphatic carbocycles. The molecule has 0 spiro atoms. The van der Waals surface area contributed by atoms with E-state index in [4.69, 9.17) is 11.6 Å². The number of rotatable bonds is 4. The normalized spacial score (nSPS) is 10.4. The van der Waals surface area contributed by atoms with Gasteiger partial charge in [0, 0.05) is 22.6 Å². The van der Waals surface area contributed by atoms with Crippen LogP contribution in [-0.4, -0.2) is 15.9 Å². The fraction of sp³-hybridized carbons (Fsp3) is 0.0556. The molecule has 3 rings (SSSR count). The van der Waals surface area contributed by atoms with E-state index in [0.29, 0.717) is 17.3 Å². The summed E-state index contributed by atoms with van der Waals surface area (Å²) >= 11 is 9.22. The lowest BCUT2D eigenvalue weighted by Gasteiger charge is -2.22. The van der Waals surface area contributed by atoms with Crippen LogP contribution in [0.25, 0.3) is 0 Å². The van der Waals surface area contributed by atoms with Crippen LogP contribution in [0, 0.1) is 0 Å². The molecule has 2 aromatic heterocycles. The number of hydrogen-bond acceptors (Lipinski definition) is 3. The maximum Gasteiger partial charge on any atom is 0.260 e. The van der Waals surface area contributed by atoms with Gasteiger partial charge in [-0.3, -0.25) is 9.78 Å². The highest BCUT2D eigenvalue weighted by atomic mass is 79.9. The average molecular weight is 403 g/mol. The van der Waals surface area contributed by atoms with Crippen LogP contribution in [0.1, 0.15) is 16.1 Å². The first-order chi connectivity index (χ1) is 11.6. The third-order valence-corrected chi connectivity index (χ3v) is 4.16. The highest BCUT2D eigenvalue weighted by Crippen LogP contribution is 2.22. The number of nitrogens with zero attached hydrogens (tertiary/aromatic N) is 3. The third-order valence-electron chi connectivity index (χ3n) is 3.40. The van der Waals surface area contributed by atoms with E-state index in [1.165, 1.54) is 6.20 Å². The molecule has 0 saturated carbocycles. The van der Waals surface area contributed by atoms with Gasteiger partial charge in [0.15, 0.2) is 0 Å². The summed E-state index contributed by atoms with van der Waals surface area (Å²) < 4.78 is 0.949. The fourth-order valence-electron chi connectivity index (χ4n) is 2.21. The minimum atomic E-state index is -0.160. The fourth-order valence-corrected chi connectivity index (χ4v) is 2.59. The van der Waals surface area contributed by atoms with Gasteiger partial charge in [0.05, 0.1) is 17.8 Å². The molecule has 0 bridgehead atoms. The zero-order valence-electron chi connectivity index (χ0n) is 12.6. The number of halogens is 2. The Hall–Kier alpha value is -2.24. The van der Waals surface area contributed by atoms with Crippen LogP contribution in [0.5, 0.6) is 0 Å². The number of amides is 1. The molecule has 120 valence electrons. The van der Waals surface area contributed by atoms with Crippen molar-refractivity contribution >= 4 is 39.1 Å². The Balaban J connectivity index is 1.96. The largest absolute Gasteiger partial charge is 0.302 e. The van der Waals surface area contributed by atoms with E-state index in [9.17, 15) is 4.79 Å². The standard InChI is InChI=1S/C18H13BrClN3O/c19-14-5-7-16(8-6-14)23(12-15-3-1-2-10-21-15)18(24)13-4-9-17(20)22-11-13/h1-11H,12H2. The van der Waals surface area contributed by atoms with Crippen LogP contribution in [-0.2, 0) is 6.54 Å². The van der Waals surface area contributed by atoms with Crippen molar-refractivity contribution in [2.45, 2.75) is 6.54 Å². The van der Waals surface area contributed by atoms with Gasteiger partial charge in [-0.05, 0) is 48.5 Å². The smallest absolute Gasteiger partial charge is 0.260 e. The van der Waals surface area contributed by atoms with Gasteiger partial charge in [-0.2, -0.15) is 0 Å². The lowest BCUT2D eigenvalue weighted by Crippen LogP contribution is -2.30.